The van der Waals surface area contributed by atoms with Crippen LogP contribution in [0.4, 0.5) is 14.5 Å². The molecule has 0 atom stereocenters. The highest BCUT2D eigenvalue weighted by Gasteiger charge is 2.18. The molecule has 0 unspecified atom stereocenters. The van der Waals surface area contributed by atoms with Crippen LogP contribution in [0.25, 0.3) is 0 Å². The number of hydrogen-bond donors (Lipinski definition) is 1. The monoisotopic (exact) mass is 291 g/mol. The summed E-state index contributed by atoms with van der Waals surface area (Å²) in [6.07, 6.45) is 0. The molecule has 6 heteroatoms. The van der Waals surface area contributed by atoms with E-state index in [0.29, 0.717) is 0 Å². The van der Waals surface area contributed by atoms with E-state index in [1.807, 2.05) is 5.32 Å². The fraction of sp³-hybridized carbons (Fsp3) is 0.200. The smallest absolute Gasteiger partial charge is 0.221 e. The van der Waals surface area contributed by atoms with Crippen molar-refractivity contribution in [2.75, 3.05) is 10.6 Å². The van der Waals surface area contributed by atoms with Crippen molar-refractivity contribution in [3.63, 3.8) is 0 Å². The molecule has 1 aromatic carbocycles. The number of anilines is 1. The summed E-state index contributed by atoms with van der Waals surface area (Å²) in [4.78, 5) is 22.0. The van der Waals surface area contributed by atoms with E-state index in [-0.39, 0.29) is 10.9 Å². The van der Waals surface area contributed by atoms with Gasteiger partial charge in [0.2, 0.25) is 5.91 Å². The Labute approximate surface area is 99.0 Å². The minimum atomic E-state index is -1.06. The van der Waals surface area contributed by atoms with Crippen LogP contribution in [0.15, 0.2) is 12.1 Å². The molecule has 0 aliphatic heterocycles. The SMILES string of the molecule is CC(=O)Nc1c(F)ccc(C(=O)CBr)c1F. The molecule has 3 nitrogen and oxygen atoms in total. The Morgan fingerprint density at radius 1 is 1.38 bits per heavy atom. The minimum Gasteiger partial charge on any atom is -0.321 e. The van der Waals surface area contributed by atoms with Crippen LogP contribution in [-0.4, -0.2) is 17.0 Å². The van der Waals surface area contributed by atoms with E-state index in [0.717, 1.165) is 19.1 Å². The molecule has 0 spiro atoms. The van der Waals surface area contributed by atoms with Crippen molar-refractivity contribution in [1.82, 2.24) is 0 Å². The van der Waals surface area contributed by atoms with Gasteiger partial charge in [0.25, 0.3) is 0 Å². The lowest BCUT2D eigenvalue weighted by molar-refractivity contribution is -0.114. The number of halogens is 3. The van der Waals surface area contributed by atoms with E-state index in [9.17, 15) is 18.4 Å². The molecule has 0 heterocycles. The molecule has 86 valence electrons. The van der Waals surface area contributed by atoms with Crippen molar-refractivity contribution in [3.8, 4) is 0 Å². The Balaban J connectivity index is 3.26. The summed E-state index contributed by atoms with van der Waals surface area (Å²) in [6.45, 7) is 1.12. The van der Waals surface area contributed by atoms with Crippen molar-refractivity contribution in [3.05, 3.63) is 29.3 Å². The minimum absolute atomic E-state index is 0.0743. The third kappa shape index (κ3) is 2.63. The molecule has 0 aliphatic rings. The summed E-state index contributed by atoms with van der Waals surface area (Å²) in [5, 5.41) is 1.93. The van der Waals surface area contributed by atoms with Gasteiger partial charge in [0.1, 0.15) is 11.5 Å². The van der Waals surface area contributed by atoms with Gasteiger partial charge in [-0.25, -0.2) is 8.78 Å². The highest BCUT2D eigenvalue weighted by Crippen LogP contribution is 2.22. The maximum Gasteiger partial charge on any atom is 0.221 e. The lowest BCUT2D eigenvalue weighted by Gasteiger charge is -2.08. The van der Waals surface area contributed by atoms with Gasteiger partial charge in [-0.2, -0.15) is 0 Å². The second kappa shape index (κ2) is 5.16. The standard InChI is InChI=1S/C10H8BrF2NO2/c1-5(15)14-10-7(12)3-2-6(9(10)13)8(16)4-11/h2-3H,4H2,1H3,(H,14,15). The van der Waals surface area contributed by atoms with E-state index in [2.05, 4.69) is 15.9 Å². The van der Waals surface area contributed by atoms with Gasteiger partial charge >= 0.3 is 0 Å². The van der Waals surface area contributed by atoms with Crippen LogP contribution in [0.1, 0.15) is 17.3 Å². The average molecular weight is 292 g/mol. The predicted molar refractivity (Wildman–Crippen MR) is 58.8 cm³/mol. The van der Waals surface area contributed by atoms with E-state index < -0.39 is 29.0 Å². The van der Waals surface area contributed by atoms with Gasteiger partial charge in [-0.1, -0.05) is 15.9 Å². The zero-order valence-corrected chi connectivity index (χ0v) is 9.90. The molecule has 1 N–H and O–H groups in total. The highest BCUT2D eigenvalue weighted by atomic mass is 79.9. The van der Waals surface area contributed by atoms with Crippen molar-refractivity contribution in [2.24, 2.45) is 0 Å². The Morgan fingerprint density at radius 2 is 2.00 bits per heavy atom. The summed E-state index contributed by atoms with van der Waals surface area (Å²) in [5.41, 5.74) is -0.860. The van der Waals surface area contributed by atoms with Crippen molar-refractivity contribution in [2.45, 2.75) is 6.92 Å². The van der Waals surface area contributed by atoms with Crippen LogP contribution in [0.3, 0.4) is 0 Å². The summed E-state index contributed by atoms with van der Waals surface area (Å²) in [5.74, 6) is -3.11. The van der Waals surface area contributed by atoms with Gasteiger partial charge in [0, 0.05) is 6.92 Å². The number of carbonyl (C=O) groups excluding carboxylic acids is 2. The Morgan fingerprint density at radius 3 is 2.50 bits per heavy atom. The Hall–Kier alpha value is -1.30. The summed E-state index contributed by atoms with van der Waals surface area (Å²) >= 11 is 2.88. The van der Waals surface area contributed by atoms with Gasteiger partial charge in [-0.3, -0.25) is 9.59 Å². The third-order valence-corrected chi connectivity index (χ3v) is 2.32. The first-order valence-corrected chi connectivity index (χ1v) is 5.44. The van der Waals surface area contributed by atoms with E-state index in [1.54, 1.807) is 0 Å². The number of hydrogen-bond acceptors (Lipinski definition) is 2. The molecule has 0 bridgehead atoms. The topological polar surface area (TPSA) is 46.2 Å². The second-order valence-electron chi connectivity index (χ2n) is 3.02. The fourth-order valence-corrected chi connectivity index (χ4v) is 1.43. The van der Waals surface area contributed by atoms with Crippen LogP contribution >= 0.6 is 15.9 Å². The Kier molecular flexibility index (Phi) is 4.12. The molecule has 0 saturated carbocycles. The summed E-state index contributed by atoms with van der Waals surface area (Å²) in [6, 6.07) is 1.98. The second-order valence-corrected chi connectivity index (χ2v) is 3.58. The van der Waals surface area contributed by atoms with Crippen LogP contribution in [0, 0.1) is 11.6 Å². The quantitative estimate of drug-likeness (QED) is 0.687. The van der Waals surface area contributed by atoms with Crippen LogP contribution < -0.4 is 5.32 Å². The number of alkyl halides is 1. The first-order valence-electron chi connectivity index (χ1n) is 4.32. The molecule has 0 aliphatic carbocycles. The maximum absolute atomic E-state index is 13.6. The van der Waals surface area contributed by atoms with Gasteiger partial charge in [-0.15, -0.1) is 0 Å². The van der Waals surface area contributed by atoms with Gasteiger partial charge in [0.05, 0.1) is 10.9 Å². The predicted octanol–water partition coefficient (Wildman–Crippen LogP) is 2.50. The zero-order valence-electron chi connectivity index (χ0n) is 8.31. The number of rotatable bonds is 3. The molecular weight excluding hydrogens is 284 g/mol. The van der Waals surface area contributed by atoms with E-state index >= 15 is 0 Å². The van der Waals surface area contributed by atoms with E-state index in [1.165, 1.54) is 0 Å². The molecular formula is C10H8BrF2NO2. The van der Waals surface area contributed by atoms with E-state index in [4.69, 9.17) is 0 Å². The molecule has 0 fully saturated rings. The third-order valence-electron chi connectivity index (χ3n) is 1.81. The normalized spacial score (nSPS) is 10.0. The fourth-order valence-electron chi connectivity index (χ4n) is 1.13. The molecule has 16 heavy (non-hydrogen) atoms. The van der Waals surface area contributed by atoms with Crippen LogP contribution in [0.2, 0.25) is 0 Å². The number of carbonyl (C=O) groups is 2. The number of amides is 1. The number of ketones is 1. The largest absolute Gasteiger partial charge is 0.321 e. The van der Waals surface area contributed by atoms with Crippen LogP contribution in [0.5, 0.6) is 0 Å². The van der Waals surface area contributed by atoms with Crippen LogP contribution in [-0.2, 0) is 4.79 Å². The number of nitrogens with one attached hydrogen (secondary N) is 1. The highest BCUT2D eigenvalue weighted by molar-refractivity contribution is 9.09. The van der Waals surface area contributed by atoms with Gasteiger partial charge < -0.3 is 5.32 Å². The molecule has 1 aromatic rings. The lowest BCUT2D eigenvalue weighted by Crippen LogP contribution is -2.13. The summed E-state index contributed by atoms with van der Waals surface area (Å²) in [7, 11) is 0. The first-order chi connectivity index (χ1) is 7.47. The Bertz CT molecular complexity index is 449. The number of benzene rings is 1. The maximum atomic E-state index is 13.6. The first kappa shape index (κ1) is 12.8. The lowest BCUT2D eigenvalue weighted by atomic mass is 10.1. The summed E-state index contributed by atoms with van der Waals surface area (Å²) < 4.78 is 26.8. The van der Waals surface area contributed by atoms with Gasteiger partial charge in [0.15, 0.2) is 11.6 Å². The molecule has 0 saturated heterocycles. The molecule has 0 radical (unpaired) electrons. The molecule has 0 aromatic heterocycles. The zero-order chi connectivity index (χ0) is 12.3. The molecule has 1 rings (SSSR count). The van der Waals surface area contributed by atoms with Crippen molar-refractivity contribution >= 4 is 33.3 Å². The average Bonchev–Trinajstić information content (AvgIpc) is 2.23. The van der Waals surface area contributed by atoms with Crippen molar-refractivity contribution in [1.29, 1.82) is 0 Å². The van der Waals surface area contributed by atoms with Gasteiger partial charge in [-0.05, 0) is 12.1 Å². The molecule has 1 amide bonds. The van der Waals surface area contributed by atoms with Crippen molar-refractivity contribution < 1.29 is 18.4 Å². The number of Topliss-reactive ketones (excluding diaryl/α,β-unsaturated/α-hetero) is 1.